The Morgan fingerprint density at radius 3 is 2.67 bits per heavy atom. The van der Waals surface area contributed by atoms with Crippen molar-refractivity contribution in [1.29, 1.82) is 0 Å². The molecule has 3 rings (SSSR count). The predicted molar refractivity (Wildman–Crippen MR) is 78.9 cm³/mol. The van der Waals surface area contributed by atoms with Gasteiger partial charge in [0, 0.05) is 19.2 Å². The van der Waals surface area contributed by atoms with E-state index in [1.807, 2.05) is 6.92 Å². The molecule has 1 unspecified atom stereocenters. The van der Waals surface area contributed by atoms with E-state index in [0.717, 1.165) is 44.6 Å². The molecule has 0 aliphatic carbocycles. The highest BCUT2D eigenvalue weighted by molar-refractivity contribution is 5.83. The van der Waals surface area contributed by atoms with Gasteiger partial charge in [-0.3, -0.25) is 14.5 Å². The molecule has 2 aliphatic rings. The lowest BCUT2D eigenvalue weighted by atomic mass is 9.95. The Morgan fingerprint density at radius 2 is 2.00 bits per heavy atom. The Hall–Kier alpha value is -1.69. The Kier molecular flexibility index (Phi) is 4.05. The van der Waals surface area contributed by atoms with Crippen molar-refractivity contribution in [3.05, 3.63) is 28.2 Å². The largest absolute Gasteiger partial charge is 0.355 e. The highest BCUT2D eigenvalue weighted by Gasteiger charge is 2.32. The van der Waals surface area contributed by atoms with Crippen LogP contribution in [0.5, 0.6) is 0 Å². The van der Waals surface area contributed by atoms with E-state index in [2.05, 4.69) is 15.3 Å². The van der Waals surface area contributed by atoms with Gasteiger partial charge in [0.05, 0.1) is 11.7 Å². The summed E-state index contributed by atoms with van der Waals surface area (Å²) in [6, 6.07) is 3.39. The molecule has 0 spiro atoms. The van der Waals surface area contributed by atoms with Crippen LogP contribution in [0.2, 0.25) is 0 Å². The number of nitrogens with zero attached hydrogens (tertiary/aromatic N) is 3. The van der Waals surface area contributed by atoms with Crippen molar-refractivity contribution in [2.45, 2.75) is 38.8 Å². The van der Waals surface area contributed by atoms with Crippen molar-refractivity contribution in [1.82, 2.24) is 20.0 Å². The highest BCUT2D eigenvalue weighted by atomic mass is 16.2. The Labute approximate surface area is 124 Å². The lowest BCUT2D eigenvalue weighted by Gasteiger charge is -2.34. The number of piperidine rings is 1. The van der Waals surface area contributed by atoms with E-state index in [9.17, 15) is 9.59 Å². The summed E-state index contributed by atoms with van der Waals surface area (Å²) in [4.78, 5) is 25.8. The SMILES string of the molecule is Cc1ccc(=O)n(CC2CCN(C3CCNC3=O)CC2)n1. The molecule has 0 aromatic carbocycles. The zero-order chi connectivity index (χ0) is 14.8. The molecule has 0 bridgehead atoms. The van der Waals surface area contributed by atoms with Crippen LogP contribution < -0.4 is 10.9 Å². The van der Waals surface area contributed by atoms with Crippen LogP contribution in [0, 0.1) is 12.8 Å². The Morgan fingerprint density at radius 1 is 1.24 bits per heavy atom. The van der Waals surface area contributed by atoms with E-state index in [1.54, 1.807) is 16.8 Å². The Balaban J connectivity index is 1.57. The lowest BCUT2D eigenvalue weighted by molar-refractivity contribution is -0.124. The minimum Gasteiger partial charge on any atom is -0.355 e. The zero-order valence-corrected chi connectivity index (χ0v) is 12.4. The van der Waals surface area contributed by atoms with E-state index in [1.165, 1.54) is 0 Å². The van der Waals surface area contributed by atoms with Crippen LogP contribution in [0.25, 0.3) is 0 Å². The third kappa shape index (κ3) is 3.15. The molecule has 1 atom stereocenters. The normalized spacial score (nSPS) is 24.2. The third-order valence-electron chi connectivity index (χ3n) is 4.54. The van der Waals surface area contributed by atoms with Crippen molar-refractivity contribution in [3.63, 3.8) is 0 Å². The summed E-state index contributed by atoms with van der Waals surface area (Å²) in [5, 5.41) is 7.20. The molecule has 3 heterocycles. The van der Waals surface area contributed by atoms with Crippen LogP contribution in [0.1, 0.15) is 25.0 Å². The third-order valence-corrected chi connectivity index (χ3v) is 4.54. The van der Waals surface area contributed by atoms with E-state index >= 15 is 0 Å². The van der Waals surface area contributed by atoms with Gasteiger partial charge in [-0.25, -0.2) is 4.68 Å². The van der Waals surface area contributed by atoms with Gasteiger partial charge < -0.3 is 5.32 Å². The monoisotopic (exact) mass is 290 g/mol. The summed E-state index contributed by atoms with van der Waals surface area (Å²) in [5.41, 5.74) is 0.841. The summed E-state index contributed by atoms with van der Waals surface area (Å²) >= 11 is 0. The molecule has 1 aromatic heterocycles. The fourth-order valence-corrected chi connectivity index (χ4v) is 3.30. The van der Waals surface area contributed by atoms with Crippen molar-refractivity contribution in [2.24, 2.45) is 5.92 Å². The van der Waals surface area contributed by atoms with Gasteiger partial charge in [-0.15, -0.1) is 0 Å². The van der Waals surface area contributed by atoms with Crippen molar-refractivity contribution in [3.8, 4) is 0 Å². The minimum atomic E-state index is -0.0294. The standard InChI is InChI=1S/C15H22N4O2/c1-11-2-3-14(20)19(17-11)10-12-5-8-18(9-6-12)13-4-7-16-15(13)21/h2-3,12-13H,4-10H2,1H3,(H,16,21). The topological polar surface area (TPSA) is 67.2 Å². The number of hydrogen-bond donors (Lipinski definition) is 1. The molecular weight excluding hydrogens is 268 g/mol. The van der Waals surface area contributed by atoms with Crippen LogP contribution in [0.4, 0.5) is 0 Å². The number of rotatable bonds is 3. The fourth-order valence-electron chi connectivity index (χ4n) is 3.30. The number of likely N-dealkylation sites (tertiary alicyclic amines) is 1. The van der Waals surface area contributed by atoms with Gasteiger partial charge in [0.15, 0.2) is 0 Å². The molecule has 21 heavy (non-hydrogen) atoms. The maximum absolute atomic E-state index is 11.8. The van der Waals surface area contributed by atoms with Crippen molar-refractivity contribution in [2.75, 3.05) is 19.6 Å². The molecule has 2 fully saturated rings. The van der Waals surface area contributed by atoms with Crippen LogP contribution in [-0.4, -0.2) is 46.3 Å². The molecule has 2 aliphatic heterocycles. The van der Waals surface area contributed by atoms with Gasteiger partial charge in [-0.1, -0.05) is 0 Å². The van der Waals surface area contributed by atoms with E-state index in [0.29, 0.717) is 12.5 Å². The van der Waals surface area contributed by atoms with Crippen molar-refractivity contribution < 1.29 is 4.79 Å². The number of nitrogens with one attached hydrogen (secondary N) is 1. The van der Waals surface area contributed by atoms with Gasteiger partial charge in [0.2, 0.25) is 5.91 Å². The molecule has 0 radical (unpaired) electrons. The molecule has 1 N–H and O–H groups in total. The van der Waals surface area contributed by atoms with Crippen molar-refractivity contribution >= 4 is 5.91 Å². The minimum absolute atomic E-state index is 0.0294. The number of amides is 1. The van der Waals surface area contributed by atoms with E-state index in [4.69, 9.17) is 0 Å². The van der Waals surface area contributed by atoms with Crippen LogP contribution in [0.3, 0.4) is 0 Å². The van der Waals surface area contributed by atoms with Gasteiger partial charge in [-0.05, 0) is 51.3 Å². The summed E-state index contributed by atoms with van der Waals surface area (Å²) in [6.45, 7) is 5.25. The average molecular weight is 290 g/mol. The lowest BCUT2D eigenvalue weighted by Crippen LogP contribution is -2.45. The van der Waals surface area contributed by atoms with Gasteiger partial charge in [-0.2, -0.15) is 5.10 Å². The molecule has 6 nitrogen and oxygen atoms in total. The van der Waals surface area contributed by atoms with Crippen LogP contribution >= 0.6 is 0 Å². The number of aromatic nitrogens is 2. The number of hydrogen-bond acceptors (Lipinski definition) is 4. The smallest absolute Gasteiger partial charge is 0.266 e. The first-order valence-corrected chi connectivity index (χ1v) is 7.70. The van der Waals surface area contributed by atoms with Crippen LogP contribution in [0.15, 0.2) is 16.9 Å². The maximum atomic E-state index is 11.8. The fraction of sp³-hybridized carbons (Fsp3) is 0.667. The quantitative estimate of drug-likeness (QED) is 0.860. The highest BCUT2D eigenvalue weighted by Crippen LogP contribution is 2.22. The predicted octanol–water partition coefficient (Wildman–Crippen LogP) is 0.152. The summed E-state index contributed by atoms with van der Waals surface area (Å²) < 4.78 is 1.58. The molecule has 1 aromatic rings. The Bertz CT molecular complexity index is 575. The van der Waals surface area contributed by atoms with Gasteiger partial charge in [0.25, 0.3) is 5.56 Å². The van der Waals surface area contributed by atoms with Gasteiger partial charge >= 0.3 is 0 Å². The molecule has 0 saturated carbocycles. The molecule has 2 saturated heterocycles. The number of carbonyl (C=O) groups is 1. The first-order valence-electron chi connectivity index (χ1n) is 7.70. The number of aryl methyl sites for hydroxylation is 1. The second-order valence-corrected chi connectivity index (χ2v) is 6.07. The zero-order valence-electron chi connectivity index (χ0n) is 12.4. The van der Waals surface area contributed by atoms with Gasteiger partial charge in [0.1, 0.15) is 0 Å². The van der Waals surface area contributed by atoms with E-state index in [-0.39, 0.29) is 17.5 Å². The molecular formula is C15H22N4O2. The second-order valence-electron chi connectivity index (χ2n) is 6.07. The molecule has 1 amide bonds. The second kappa shape index (κ2) is 5.97. The average Bonchev–Trinajstić information content (AvgIpc) is 2.90. The summed E-state index contributed by atoms with van der Waals surface area (Å²) in [6.07, 6.45) is 2.96. The summed E-state index contributed by atoms with van der Waals surface area (Å²) in [5.74, 6) is 0.641. The number of carbonyl (C=O) groups excluding carboxylic acids is 1. The molecule has 6 heteroatoms. The van der Waals surface area contributed by atoms with Crippen LogP contribution in [-0.2, 0) is 11.3 Å². The summed E-state index contributed by atoms with van der Waals surface area (Å²) in [7, 11) is 0. The molecule has 114 valence electrons. The van der Waals surface area contributed by atoms with E-state index < -0.39 is 0 Å². The first kappa shape index (κ1) is 14.3. The first-order chi connectivity index (χ1) is 10.1. The maximum Gasteiger partial charge on any atom is 0.266 e.